The molecule has 0 saturated carbocycles. The first-order chi connectivity index (χ1) is 17.9. The highest BCUT2D eigenvalue weighted by molar-refractivity contribution is 6.35. The maximum atomic E-state index is 13.8. The van der Waals surface area contributed by atoms with Crippen LogP contribution in [0.5, 0.6) is 0 Å². The predicted molar refractivity (Wildman–Crippen MR) is 140 cm³/mol. The van der Waals surface area contributed by atoms with Gasteiger partial charge in [0, 0.05) is 35.1 Å². The Balaban J connectivity index is 1.82. The van der Waals surface area contributed by atoms with Crippen LogP contribution < -0.4 is 10.6 Å². The minimum Gasteiger partial charge on any atom is -0.383 e. The molecular weight excluding hydrogens is 517 g/mol. The molecule has 38 heavy (non-hydrogen) atoms. The molecule has 12 heteroatoms. The molecule has 0 bridgehead atoms. The first-order valence-electron chi connectivity index (χ1n) is 11.8. The van der Waals surface area contributed by atoms with E-state index >= 15 is 0 Å². The number of rotatable bonds is 8. The molecular formula is C26H26ClF3N8. The number of nitrogens with zero attached hydrogens (tertiary/aromatic N) is 6. The smallest absolute Gasteiger partial charge is 0.257 e. The van der Waals surface area contributed by atoms with Crippen molar-refractivity contribution >= 4 is 33.9 Å². The van der Waals surface area contributed by atoms with E-state index in [1.165, 1.54) is 18.5 Å². The number of aryl methyl sites for hydroxylation is 1. The second-order valence-electron chi connectivity index (χ2n) is 10.1. The molecule has 0 radical (unpaired) electrons. The third-order valence-electron chi connectivity index (χ3n) is 5.73. The Morgan fingerprint density at radius 2 is 1.97 bits per heavy atom. The number of nitriles is 1. The molecule has 0 spiro atoms. The second-order valence-corrected chi connectivity index (χ2v) is 10.5. The zero-order chi connectivity index (χ0) is 27.6. The summed E-state index contributed by atoms with van der Waals surface area (Å²) in [6.07, 6.45) is 0.274. The van der Waals surface area contributed by atoms with Crippen LogP contribution in [0.25, 0.3) is 10.9 Å². The minimum atomic E-state index is -2.61. The number of fused-ring (bicyclic) bond motifs is 1. The van der Waals surface area contributed by atoms with Gasteiger partial charge in [0.15, 0.2) is 0 Å². The summed E-state index contributed by atoms with van der Waals surface area (Å²) in [5, 5.41) is 25.3. The van der Waals surface area contributed by atoms with Crippen molar-refractivity contribution in [2.24, 2.45) is 5.41 Å². The van der Waals surface area contributed by atoms with Crippen molar-refractivity contribution in [3.63, 3.8) is 0 Å². The Morgan fingerprint density at radius 1 is 1.21 bits per heavy atom. The van der Waals surface area contributed by atoms with Crippen LogP contribution in [0.1, 0.15) is 49.3 Å². The van der Waals surface area contributed by atoms with E-state index in [2.05, 4.69) is 57.8 Å². The van der Waals surface area contributed by atoms with E-state index in [-0.39, 0.29) is 5.41 Å². The molecule has 1 aromatic carbocycles. The Kier molecular flexibility index (Phi) is 7.73. The number of benzene rings is 1. The van der Waals surface area contributed by atoms with Gasteiger partial charge in [-0.2, -0.15) is 9.65 Å². The topological polar surface area (TPSA) is 104 Å². The molecule has 0 aliphatic rings. The predicted octanol–water partition coefficient (Wildman–Crippen LogP) is 6.12. The lowest BCUT2D eigenvalue weighted by Gasteiger charge is -2.23. The van der Waals surface area contributed by atoms with E-state index in [0.29, 0.717) is 56.4 Å². The van der Waals surface area contributed by atoms with Gasteiger partial charge in [0.2, 0.25) is 5.95 Å². The van der Waals surface area contributed by atoms with Crippen LogP contribution in [0.2, 0.25) is 5.02 Å². The Hall–Kier alpha value is -3.91. The van der Waals surface area contributed by atoms with Crippen molar-refractivity contribution in [2.45, 2.75) is 46.7 Å². The first-order valence-corrected chi connectivity index (χ1v) is 12.2. The summed E-state index contributed by atoms with van der Waals surface area (Å²) in [7, 11) is 0. The van der Waals surface area contributed by atoms with E-state index in [1.54, 1.807) is 25.1 Å². The van der Waals surface area contributed by atoms with Gasteiger partial charge in [0.05, 0.1) is 34.0 Å². The van der Waals surface area contributed by atoms with E-state index in [9.17, 15) is 18.4 Å². The summed E-state index contributed by atoms with van der Waals surface area (Å²) in [5.74, 6) is -0.648. The first kappa shape index (κ1) is 27.1. The molecule has 2 N–H and O–H groups in total. The number of hydrogen-bond acceptors (Lipinski definition) is 7. The lowest BCUT2D eigenvalue weighted by Crippen LogP contribution is -2.20. The van der Waals surface area contributed by atoms with Gasteiger partial charge < -0.3 is 10.6 Å². The summed E-state index contributed by atoms with van der Waals surface area (Å²) in [4.78, 5) is 8.28. The molecule has 4 aromatic rings. The SMILES string of the molecule is Cc1nc(F)ccc1[C@H](Nc1cc(Cl)c2ncc(C#N)c(NCC(C)(C)C)c2c1)c1cn(CC(F)F)nn1. The van der Waals surface area contributed by atoms with Crippen LogP contribution in [0.4, 0.5) is 24.5 Å². The monoisotopic (exact) mass is 542 g/mol. The highest BCUT2D eigenvalue weighted by atomic mass is 35.5. The number of aromatic nitrogens is 5. The van der Waals surface area contributed by atoms with Crippen LogP contribution in [0.15, 0.2) is 36.7 Å². The Bertz CT molecular complexity index is 1510. The number of halogens is 4. The summed E-state index contributed by atoms with van der Waals surface area (Å²) < 4.78 is 40.7. The zero-order valence-corrected chi connectivity index (χ0v) is 22.0. The van der Waals surface area contributed by atoms with Gasteiger partial charge in [-0.1, -0.05) is 43.7 Å². The normalized spacial score (nSPS) is 12.5. The van der Waals surface area contributed by atoms with Gasteiger partial charge in [-0.25, -0.2) is 18.4 Å². The maximum absolute atomic E-state index is 13.8. The standard InChI is InChI=1S/C26H26ClF3N8/c1-14-17(5-6-22(30)34-14)25(20-11-38(37-36-20)12-21(28)29)35-16-7-18-23(33-13-26(2,3)4)15(9-31)10-32-24(18)19(27)8-16/h5-8,10-11,21,25,35H,12-13H2,1-4H3,(H,32,33)/t25-/m0/s1. The highest BCUT2D eigenvalue weighted by Crippen LogP contribution is 2.36. The van der Waals surface area contributed by atoms with E-state index in [1.807, 2.05) is 0 Å². The average Bonchev–Trinajstić information content (AvgIpc) is 3.28. The molecule has 4 rings (SSSR count). The van der Waals surface area contributed by atoms with Crippen molar-refractivity contribution in [3.05, 3.63) is 70.1 Å². The summed E-state index contributed by atoms with van der Waals surface area (Å²) in [6, 6.07) is 7.68. The van der Waals surface area contributed by atoms with Crippen molar-refractivity contribution in [2.75, 3.05) is 17.2 Å². The maximum Gasteiger partial charge on any atom is 0.257 e. The lowest BCUT2D eigenvalue weighted by molar-refractivity contribution is 0.121. The number of anilines is 2. The van der Waals surface area contributed by atoms with E-state index in [4.69, 9.17) is 11.6 Å². The van der Waals surface area contributed by atoms with Gasteiger partial charge in [0.25, 0.3) is 6.43 Å². The third kappa shape index (κ3) is 6.14. The fourth-order valence-corrected chi connectivity index (χ4v) is 4.24. The van der Waals surface area contributed by atoms with Gasteiger partial charge in [-0.05, 0) is 30.5 Å². The number of hydrogen-bond donors (Lipinski definition) is 2. The summed E-state index contributed by atoms with van der Waals surface area (Å²) >= 11 is 6.62. The summed E-state index contributed by atoms with van der Waals surface area (Å²) in [5.41, 5.74) is 3.22. The molecule has 0 aliphatic heterocycles. The second kappa shape index (κ2) is 10.8. The Labute approximate surface area is 222 Å². The molecule has 3 heterocycles. The van der Waals surface area contributed by atoms with Gasteiger partial charge >= 0.3 is 0 Å². The molecule has 198 valence electrons. The van der Waals surface area contributed by atoms with Crippen molar-refractivity contribution < 1.29 is 13.2 Å². The molecule has 8 nitrogen and oxygen atoms in total. The van der Waals surface area contributed by atoms with Crippen LogP contribution in [-0.2, 0) is 6.54 Å². The Morgan fingerprint density at radius 3 is 2.63 bits per heavy atom. The van der Waals surface area contributed by atoms with Gasteiger partial charge in [-0.15, -0.1) is 5.10 Å². The molecule has 0 saturated heterocycles. The zero-order valence-electron chi connectivity index (χ0n) is 21.2. The molecule has 0 aliphatic carbocycles. The quantitative estimate of drug-likeness (QED) is 0.258. The van der Waals surface area contributed by atoms with Crippen molar-refractivity contribution in [3.8, 4) is 6.07 Å². The van der Waals surface area contributed by atoms with E-state index in [0.717, 1.165) is 4.68 Å². The fraction of sp³-hybridized carbons (Fsp3) is 0.346. The van der Waals surface area contributed by atoms with Gasteiger partial charge in [-0.3, -0.25) is 4.98 Å². The van der Waals surface area contributed by atoms with Crippen LogP contribution >= 0.6 is 11.6 Å². The molecule has 0 amide bonds. The van der Waals surface area contributed by atoms with Crippen LogP contribution in [0, 0.1) is 29.6 Å². The fourth-order valence-electron chi connectivity index (χ4n) is 3.97. The lowest BCUT2D eigenvalue weighted by atomic mass is 9.96. The van der Waals surface area contributed by atoms with E-state index < -0.39 is 25.0 Å². The molecule has 3 aromatic heterocycles. The number of nitrogens with one attached hydrogen (secondary N) is 2. The average molecular weight is 543 g/mol. The molecule has 0 fully saturated rings. The largest absolute Gasteiger partial charge is 0.383 e. The van der Waals surface area contributed by atoms with Crippen molar-refractivity contribution in [1.82, 2.24) is 25.0 Å². The number of pyridine rings is 2. The van der Waals surface area contributed by atoms with Crippen molar-refractivity contribution in [1.29, 1.82) is 5.26 Å². The van der Waals surface area contributed by atoms with Gasteiger partial charge in [0.1, 0.15) is 18.3 Å². The van der Waals surface area contributed by atoms with Crippen LogP contribution in [-0.4, -0.2) is 37.9 Å². The number of alkyl halides is 2. The molecule has 1 atom stereocenters. The van der Waals surface area contributed by atoms with Crippen LogP contribution in [0.3, 0.4) is 0 Å². The third-order valence-corrected chi connectivity index (χ3v) is 6.02. The minimum absolute atomic E-state index is 0.0652. The highest BCUT2D eigenvalue weighted by Gasteiger charge is 2.23. The summed E-state index contributed by atoms with van der Waals surface area (Å²) in [6.45, 7) is 7.82. The molecule has 0 unspecified atom stereocenters.